The van der Waals surface area contributed by atoms with Gasteiger partial charge in [-0.1, -0.05) is 27.2 Å². The highest BCUT2D eigenvalue weighted by Gasteiger charge is 2.67. The molecule has 9 nitrogen and oxygen atoms in total. The summed E-state index contributed by atoms with van der Waals surface area (Å²) >= 11 is 0. The van der Waals surface area contributed by atoms with Crippen LogP contribution in [0.5, 0.6) is 5.75 Å². The summed E-state index contributed by atoms with van der Waals surface area (Å²) in [6, 6.07) is 5.13. The fourth-order valence-corrected chi connectivity index (χ4v) is 7.72. The van der Waals surface area contributed by atoms with Crippen LogP contribution in [0.3, 0.4) is 0 Å². The third kappa shape index (κ3) is 4.72. The van der Waals surface area contributed by atoms with E-state index in [0.29, 0.717) is 31.2 Å². The lowest BCUT2D eigenvalue weighted by atomic mass is 9.46. The van der Waals surface area contributed by atoms with Gasteiger partial charge in [0.05, 0.1) is 6.10 Å². The summed E-state index contributed by atoms with van der Waals surface area (Å²) in [4.78, 5) is 42.3. The highest BCUT2D eigenvalue weighted by molar-refractivity contribution is 5.69. The van der Waals surface area contributed by atoms with E-state index in [9.17, 15) is 19.5 Å². The minimum absolute atomic E-state index is 0.0537. The number of carbonyl (C=O) groups is 2. The Labute approximate surface area is 234 Å². The molecule has 0 amide bonds. The number of aliphatic hydroxyl groups excluding tert-OH is 1. The molecule has 216 valence electrons. The summed E-state index contributed by atoms with van der Waals surface area (Å²) < 4.78 is 24.2. The lowest BCUT2D eigenvalue weighted by Gasteiger charge is -2.64. The lowest BCUT2D eigenvalue weighted by Crippen LogP contribution is -2.69. The smallest absolute Gasteiger partial charge is 0.345 e. The van der Waals surface area contributed by atoms with Crippen molar-refractivity contribution < 1.29 is 33.3 Å². The average molecular weight is 554 g/mol. The minimum atomic E-state index is -1.21. The summed E-state index contributed by atoms with van der Waals surface area (Å²) in [7, 11) is 0. The molecule has 2 unspecified atom stereocenters. The molecule has 3 aliphatic rings. The number of unbranched alkanes of at least 4 members (excludes halogenated alkanes) is 1. The zero-order valence-corrected chi connectivity index (χ0v) is 23.8. The predicted octanol–water partition coefficient (Wildman–Crippen LogP) is 4.99. The summed E-state index contributed by atoms with van der Waals surface area (Å²) in [6.07, 6.45) is 4.64. The minimum Gasteiger partial charge on any atom is -0.482 e. The monoisotopic (exact) mass is 553 g/mol. The van der Waals surface area contributed by atoms with Crippen molar-refractivity contribution in [1.82, 2.24) is 4.98 Å². The van der Waals surface area contributed by atoms with Crippen molar-refractivity contribution in [3.05, 3.63) is 46.6 Å². The van der Waals surface area contributed by atoms with Gasteiger partial charge in [0, 0.05) is 43.3 Å². The molecule has 2 fully saturated rings. The number of esters is 2. The van der Waals surface area contributed by atoms with Gasteiger partial charge in [0.1, 0.15) is 34.9 Å². The molecular formula is C31H39NO8. The Hall–Kier alpha value is -3.20. The number of pyridine rings is 1. The summed E-state index contributed by atoms with van der Waals surface area (Å²) in [6.45, 7) is 9.46. The molecule has 1 aliphatic heterocycles. The van der Waals surface area contributed by atoms with Gasteiger partial charge in [-0.15, -0.1) is 0 Å². The second-order valence-electron chi connectivity index (χ2n) is 12.1. The number of aromatic nitrogens is 1. The van der Waals surface area contributed by atoms with Crippen LogP contribution in [0.1, 0.15) is 84.8 Å². The first kappa shape index (κ1) is 28.3. The van der Waals surface area contributed by atoms with Crippen molar-refractivity contribution >= 4 is 11.9 Å². The normalized spacial score (nSPS) is 34.5. The Kier molecular flexibility index (Phi) is 7.54. The first-order chi connectivity index (χ1) is 19.0. The van der Waals surface area contributed by atoms with Crippen LogP contribution >= 0.6 is 0 Å². The fraction of sp³-hybridized carbons (Fsp3) is 0.613. The van der Waals surface area contributed by atoms with E-state index < -0.39 is 34.8 Å². The van der Waals surface area contributed by atoms with Gasteiger partial charge >= 0.3 is 17.6 Å². The number of hydrogen-bond acceptors (Lipinski definition) is 9. The quantitative estimate of drug-likeness (QED) is 0.492. The first-order valence-electron chi connectivity index (χ1n) is 14.3. The zero-order valence-electron chi connectivity index (χ0n) is 23.8. The van der Waals surface area contributed by atoms with Crippen LogP contribution in [-0.2, 0) is 19.1 Å². The average Bonchev–Trinajstić information content (AvgIpc) is 2.90. The number of aliphatic hydroxyl groups is 1. The Morgan fingerprint density at radius 3 is 2.70 bits per heavy atom. The third-order valence-electron chi connectivity index (χ3n) is 9.63. The molecule has 9 heteroatoms. The van der Waals surface area contributed by atoms with Gasteiger partial charge in [-0.25, -0.2) is 4.79 Å². The van der Waals surface area contributed by atoms with Crippen molar-refractivity contribution in [2.24, 2.45) is 23.2 Å². The number of nitrogens with zero attached hydrogens (tertiary/aromatic N) is 1. The Morgan fingerprint density at radius 1 is 1.25 bits per heavy atom. The van der Waals surface area contributed by atoms with Crippen LogP contribution in [0, 0.1) is 23.2 Å². The van der Waals surface area contributed by atoms with Gasteiger partial charge in [0.15, 0.2) is 0 Å². The summed E-state index contributed by atoms with van der Waals surface area (Å²) in [5, 5.41) is 12.0. The largest absolute Gasteiger partial charge is 0.482 e. The molecule has 0 aromatic carbocycles. The maximum Gasteiger partial charge on any atom is 0.345 e. The van der Waals surface area contributed by atoms with Gasteiger partial charge in [0.25, 0.3) is 0 Å². The molecule has 1 N–H and O–H groups in total. The van der Waals surface area contributed by atoms with E-state index in [2.05, 4.69) is 11.9 Å². The predicted molar refractivity (Wildman–Crippen MR) is 145 cm³/mol. The Bertz CT molecular complexity index is 1320. The third-order valence-corrected chi connectivity index (χ3v) is 9.63. The summed E-state index contributed by atoms with van der Waals surface area (Å²) in [5.41, 5.74) is -1.61. The lowest BCUT2D eigenvalue weighted by molar-refractivity contribution is -0.250. The summed E-state index contributed by atoms with van der Waals surface area (Å²) in [5.74, 6) is -0.847. The number of rotatable bonds is 6. The molecular weight excluding hydrogens is 514 g/mol. The molecule has 0 saturated heterocycles. The fourth-order valence-electron chi connectivity index (χ4n) is 7.72. The number of ether oxygens (including phenoxy) is 3. The molecule has 40 heavy (non-hydrogen) atoms. The van der Waals surface area contributed by atoms with Gasteiger partial charge in [0.2, 0.25) is 0 Å². The van der Waals surface area contributed by atoms with Crippen molar-refractivity contribution in [2.45, 2.75) is 97.1 Å². The van der Waals surface area contributed by atoms with Crippen LogP contribution in [-0.4, -0.2) is 39.8 Å². The van der Waals surface area contributed by atoms with Gasteiger partial charge in [-0.05, 0) is 62.0 Å². The van der Waals surface area contributed by atoms with Gasteiger partial charge in [-0.2, -0.15) is 0 Å². The zero-order chi connectivity index (χ0) is 28.8. The molecule has 2 saturated carbocycles. The molecule has 2 aromatic rings. The van der Waals surface area contributed by atoms with Crippen LogP contribution < -0.4 is 10.4 Å². The molecule has 0 spiro atoms. The van der Waals surface area contributed by atoms with Crippen LogP contribution in [0.15, 0.2) is 39.8 Å². The highest BCUT2D eigenvalue weighted by Crippen LogP contribution is 2.64. The molecule has 0 radical (unpaired) electrons. The Morgan fingerprint density at radius 2 is 2.02 bits per heavy atom. The van der Waals surface area contributed by atoms with E-state index in [-0.39, 0.29) is 53.4 Å². The van der Waals surface area contributed by atoms with Gasteiger partial charge in [-0.3, -0.25) is 14.6 Å². The SMILES string of the molecule is CCCCC(=O)O[C@H]1CC2[C@@H](C)[C@@H](OC(C)=O)CC[C@]2(C)C2[C@@H](O)c3c(cc(-c4cccnc4)oc3=O)O[C@@]21C. The maximum absolute atomic E-state index is 13.4. The number of hydrogen-bond donors (Lipinski definition) is 1. The molecule has 0 bridgehead atoms. The van der Waals surface area contributed by atoms with Gasteiger partial charge < -0.3 is 23.7 Å². The second-order valence-corrected chi connectivity index (χ2v) is 12.1. The molecule has 3 heterocycles. The van der Waals surface area contributed by atoms with Crippen molar-refractivity contribution in [1.29, 1.82) is 0 Å². The van der Waals surface area contributed by atoms with Crippen molar-refractivity contribution in [3.8, 4) is 17.1 Å². The topological polar surface area (TPSA) is 125 Å². The van der Waals surface area contributed by atoms with E-state index in [1.165, 1.54) is 6.92 Å². The van der Waals surface area contributed by atoms with E-state index >= 15 is 0 Å². The number of fused-ring (bicyclic) bond motifs is 4. The number of carbonyl (C=O) groups excluding carboxylic acids is 2. The van der Waals surface area contributed by atoms with E-state index in [1.54, 1.807) is 30.6 Å². The van der Waals surface area contributed by atoms with Crippen molar-refractivity contribution in [3.63, 3.8) is 0 Å². The van der Waals surface area contributed by atoms with Crippen LogP contribution in [0.4, 0.5) is 0 Å². The Balaban J connectivity index is 1.60. The second kappa shape index (κ2) is 10.7. The molecule has 8 atom stereocenters. The van der Waals surface area contributed by atoms with Crippen LogP contribution in [0.2, 0.25) is 0 Å². The van der Waals surface area contributed by atoms with Crippen molar-refractivity contribution in [2.75, 3.05) is 0 Å². The van der Waals surface area contributed by atoms with E-state index in [4.69, 9.17) is 18.6 Å². The molecule has 5 rings (SSSR count). The first-order valence-corrected chi connectivity index (χ1v) is 14.3. The molecule has 2 aromatic heterocycles. The van der Waals surface area contributed by atoms with Crippen LogP contribution in [0.25, 0.3) is 11.3 Å². The van der Waals surface area contributed by atoms with E-state index in [0.717, 1.165) is 6.42 Å². The molecule has 2 aliphatic carbocycles. The standard InChI is InChI=1S/C31H39NO8/c1-6-7-10-25(34)39-24-14-20-17(2)21(37-18(3)33)11-12-30(20,4)28-27(35)26-23(40-31(24,28)5)15-22(38-29(26)36)19-9-8-13-32-16-19/h8-9,13,15-17,20-21,24,27-28,35H,6-7,10-12,14H2,1-5H3/t17-,20?,21+,24+,27+,28?,30+,31-/m1/s1. The highest BCUT2D eigenvalue weighted by atomic mass is 16.6. The van der Waals surface area contributed by atoms with E-state index in [1.807, 2.05) is 20.8 Å². The maximum atomic E-state index is 13.4.